The molecule has 2 heterocycles. The second kappa shape index (κ2) is 9.38. The molecule has 2 aliphatic heterocycles. The number of likely N-dealkylation sites (tertiary alicyclic amines) is 2. The van der Waals surface area contributed by atoms with Crippen molar-refractivity contribution in [2.24, 2.45) is 11.8 Å². The van der Waals surface area contributed by atoms with Gasteiger partial charge in [0.15, 0.2) is 0 Å². The highest BCUT2D eigenvalue weighted by molar-refractivity contribution is 5.87. The van der Waals surface area contributed by atoms with Crippen LogP contribution in [-0.4, -0.2) is 59.4 Å². The van der Waals surface area contributed by atoms with E-state index in [9.17, 15) is 14.4 Å². The number of amides is 2. The normalized spacial score (nSPS) is 21.7. The summed E-state index contributed by atoms with van der Waals surface area (Å²) in [6, 6.07) is 0. The minimum absolute atomic E-state index is 0.00321. The first-order chi connectivity index (χ1) is 12.7. The van der Waals surface area contributed by atoms with Gasteiger partial charge in [-0.2, -0.15) is 0 Å². The molecule has 152 valence electrons. The number of hydrogen-bond donors (Lipinski definition) is 0. The van der Waals surface area contributed by atoms with Crippen LogP contribution in [0.4, 0.5) is 0 Å². The Kier molecular flexibility index (Phi) is 7.45. The molecule has 6 nitrogen and oxygen atoms in total. The fraction of sp³-hybridized carbons (Fsp3) is 0.762. The van der Waals surface area contributed by atoms with Crippen molar-refractivity contribution in [3.63, 3.8) is 0 Å². The van der Waals surface area contributed by atoms with Gasteiger partial charge in [-0.05, 0) is 64.9 Å². The lowest BCUT2D eigenvalue weighted by molar-refractivity contribution is -0.155. The first-order valence-corrected chi connectivity index (χ1v) is 10.1. The molecular formula is C21H34N2O4. The van der Waals surface area contributed by atoms with E-state index < -0.39 is 5.60 Å². The van der Waals surface area contributed by atoms with Crippen LogP contribution in [-0.2, 0) is 19.1 Å². The molecule has 2 aliphatic rings. The third-order valence-electron chi connectivity index (χ3n) is 5.34. The van der Waals surface area contributed by atoms with Gasteiger partial charge < -0.3 is 14.5 Å². The lowest BCUT2D eigenvalue weighted by Crippen LogP contribution is -2.47. The fourth-order valence-electron chi connectivity index (χ4n) is 3.95. The Morgan fingerprint density at radius 2 is 1.74 bits per heavy atom. The van der Waals surface area contributed by atoms with Gasteiger partial charge >= 0.3 is 5.97 Å². The molecule has 0 aliphatic carbocycles. The van der Waals surface area contributed by atoms with Crippen LogP contribution in [0.2, 0.25) is 0 Å². The van der Waals surface area contributed by atoms with Crippen molar-refractivity contribution < 1.29 is 19.1 Å². The van der Waals surface area contributed by atoms with Gasteiger partial charge in [-0.15, -0.1) is 0 Å². The zero-order valence-corrected chi connectivity index (χ0v) is 17.0. The highest BCUT2D eigenvalue weighted by Gasteiger charge is 2.32. The summed E-state index contributed by atoms with van der Waals surface area (Å²) >= 11 is 0. The van der Waals surface area contributed by atoms with Crippen LogP contribution in [0, 0.1) is 11.8 Å². The number of rotatable bonds is 5. The summed E-state index contributed by atoms with van der Waals surface area (Å²) < 4.78 is 5.38. The van der Waals surface area contributed by atoms with Gasteiger partial charge in [-0.3, -0.25) is 14.4 Å². The smallest absolute Gasteiger partial charge is 0.306 e. The third kappa shape index (κ3) is 6.67. The number of esters is 1. The maximum Gasteiger partial charge on any atom is 0.306 e. The molecule has 6 heteroatoms. The summed E-state index contributed by atoms with van der Waals surface area (Å²) in [5.74, 6) is 0.357. The lowest BCUT2D eigenvalue weighted by Gasteiger charge is -2.37. The molecule has 2 rings (SSSR count). The van der Waals surface area contributed by atoms with Gasteiger partial charge in [0.25, 0.3) is 0 Å². The molecule has 27 heavy (non-hydrogen) atoms. The Balaban J connectivity index is 1.78. The van der Waals surface area contributed by atoms with Gasteiger partial charge in [0.05, 0.1) is 0 Å². The standard InChI is InChI=1S/C21H34N2O4/c1-5-18(24)22-13-10-17(11-14-22)20(26)23-12-6-7-16(15-23)8-9-19(25)27-21(2,3)4/h5,16-17H,1,6-15H2,2-4H3. The van der Waals surface area contributed by atoms with E-state index in [1.165, 1.54) is 6.08 Å². The predicted octanol–water partition coefficient (Wildman–Crippen LogP) is 2.77. The Hall–Kier alpha value is -1.85. The summed E-state index contributed by atoms with van der Waals surface area (Å²) in [5.41, 5.74) is -0.451. The van der Waals surface area contributed by atoms with Gasteiger partial charge in [0, 0.05) is 38.5 Å². The topological polar surface area (TPSA) is 66.9 Å². The summed E-state index contributed by atoms with van der Waals surface area (Å²) in [4.78, 5) is 40.2. The molecule has 0 aromatic rings. The molecule has 0 bridgehead atoms. The largest absolute Gasteiger partial charge is 0.460 e. The van der Waals surface area contributed by atoms with E-state index in [0.29, 0.717) is 25.4 Å². The predicted molar refractivity (Wildman–Crippen MR) is 104 cm³/mol. The van der Waals surface area contributed by atoms with E-state index in [1.54, 1.807) is 4.90 Å². The molecule has 0 N–H and O–H groups in total. The molecule has 2 saturated heterocycles. The molecule has 1 atom stereocenters. The van der Waals surface area contributed by atoms with Crippen molar-refractivity contribution in [3.8, 4) is 0 Å². The van der Waals surface area contributed by atoms with Crippen LogP contribution in [0.1, 0.15) is 59.3 Å². The first-order valence-electron chi connectivity index (χ1n) is 10.1. The molecule has 0 aromatic carbocycles. The number of hydrogen-bond acceptors (Lipinski definition) is 4. The van der Waals surface area contributed by atoms with Gasteiger partial charge in [-0.1, -0.05) is 6.58 Å². The number of carbonyl (C=O) groups excluding carboxylic acids is 3. The third-order valence-corrected chi connectivity index (χ3v) is 5.34. The molecular weight excluding hydrogens is 344 g/mol. The fourth-order valence-corrected chi connectivity index (χ4v) is 3.95. The summed E-state index contributed by atoms with van der Waals surface area (Å²) in [6.45, 7) is 11.9. The maximum absolute atomic E-state index is 12.9. The molecule has 0 aromatic heterocycles. The maximum atomic E-state index is 12.9. The zero-order chi connectivity index (χ0) is 20.0. The highest BCUT2D eigenvalue weighted by atomic mass is 16.6. The van der Waals surface area contributed by atoms with E-state index in [-0.39, 0.29) is 23.7 Å². The quantitative estimate of drug-likeness (QED) is 0.545. The van der Waals surface area contributed by atoms with Gasteiger partial charge in [0.2, 0.25) is 11.8 Å². The van der Waals surface area contributed by atoms with Crippen LogP contribution < -0.4 is 0 Å². The summed E-state index contributed by atoms with van der Waals surface area (Å²) in [5, 5.41) is 0. The molecule has 0 saturated carbocycles. The van der Waals surface area contributed by atoms with Gasteiger partial charge in [0.1, 0.15) is 5.60 Å². The minimum Gasteiger partial charge on any atom is -0.460 e. The summed E-state index contributed by atoms with van der Waals surface area (Å²) in [6.07, 6.45) is 5.99. The van der Waals surface area contributed by atoms with Crippen LogP contribution in [0.25, 0.3) is 0 Å². The van der Waals surface area contributed by atoms with E-state index in [2.05, 4.69) is 6.58 Å². The van der Waals surface area contributed by atoms with Gasteiger partial charge in [-0.25, -0.2) is 0 Å². The van der Waals surface area contributed by atoms with Crippen molar-refractivity contribution >= 4 is 17.8 Å². The number of piperidine rings is 2. The summed E-state index contributed by atoms with van der Waals surface area (Å²) in [7, 11) is 0. The average molecular weight is 379 g/mol. The minimum atomic E-state index is -0.451. The molecule has 1 unspecified atom stereocenters. The Bertz CT molecular complexity index is 559. The molecule has 2 amide bonds. The SMILES string of the molecule is C=CC(=O)N1CCC(C(=O)N2CCCC(CCC(=O)OC(C)(C)C)C2)CC1. The highest BCUT2D eigenvalue weighted by Crippen LogP contribution is 2.26. The van der Waals surface area contributed by atoms with Crippen LogP contribution in [0.3, 0.4) is 0 Å². The second-order valence-corrected chi connectivity index (χ2v) is 8.72. The molecule has 2 fully saturated rings. The number of ether oxygens (including phenoxy) is 1. The van der Waals surface area contributed by atoms with Crippen LogP contribution in [0.15, 0.2) is 12.7 Å². The van der Waals surface area contributed by atoms with E-state index in [0.717, 1.165) is 45.2 Å². The van der Waals surface area contributed by atoms with Crippen molar-refractivity contribution in [2.75, 3.05) is 26.2 Å². The van der Waals surface area contributed by atoms with E-state index in [4.69, 9.17) is 4.74 Å². The van der Waals surface area contributed by atoms with E-state index in [1.807, 2.05) is 25.7 Å². The number of nitrogens with zero attached hydrogens (tertiary/aromatic N) is 2. The van der Waals surface area contributed by atoms with Crippen molar-refractivity contribution in [1.82, 2.24) is 9.80 Å². The Morgan fingerprint density at radius 1 is 1.07 bits per heavy atom. The number of carbonyl (C=O) groups is 3. The first kappa shape index (κ1) is 21.5. The van der Waals surface area contributed by atoms with Crippen molar-refractivity contribution in [2.45, 2.75) is 64.9 Å². The van der Waals surface area contributed by atoms with E-state index >= 15 is 0 Å². The Labute approximate surface area is 162 Å². The molecule has 0 spiro atoms. The van der Waals surface area contributed by atoms with Crippen molar-refractivity contribution in [1.29, 1.82) is 0 Å². The Morgan fingerprint density at radius 3 is 2.33 bits per heavy atom. The average Bonchev–Trinajstić information content (AvgIpc) is 2.64. The van der Waals surface area contributed by atoms with Crippen LogP contribution in [0.5, 0.6) is 0 Å². The molecule has 0 radical (unpaired) electrons. The second-order valence-electron chi connectivity index (χ2n) is 8.72. The van der Waals surface area contributed by atoms with Crippen molar-refractivity contribution in [3.05, 3.63) is 12.7 Å². The zero-order valence-electron chi connectivity index (χ0n) is 17.0. The van der Waals surface area contributed by atoms with Crippen LogP contribution >= 0.6 is 0 Å². The lowest BCUT2D eigenvalue weighted by atomic mass is 9.90. The monoisotopic (exact) mass is 378 g/mol.